The highest BCUT2D eigenvalue weighted by Crippen LogP contribution is 2.33. The maximum atomic E-state index is 13.6. The molecule has 0 aliphatic rings. The molecule has 70 valence electrons. The van der Waals surface area contributed by atoms with Crippen LogP contribution in [0.5, 0.6) is 5.06 Å². The second-order valence-corrected chi connectivity index (χ2v) is 3.91. The Labute approximate surface area is 83.8 Å². The third kappa shape index (κ3) is 1.32. The zero-order valence-corrected chi connectivity index (χ0v) is 7.94. The zero-order chi connectivity index (χ0) is 10.1. The summed E-state index contributed by atoms with van der Waals surface area (Å²) in [7, 11) is 0. The summed E-state index contributed by atoms with van der Waals surface area (Å²) in [4.78, 5) is 0. The van der Waals surface area contributed by atoms with Crippen molar-refractivity contribution in [1.29, 1.82) is 5.26 Å². The van der Waals surface area contributed by atoms with E-state index in [1.54, 1.807) is 12.1 Å². The van der Waals surface area contributed by atoms with E-state index >= 15 is 0 Å². The van der Waals surface area contributed by atoms with Crippen LogP contribution in [0.25, 0.3) is 10.1 Å². The van der Waals surface area contributed by atoms with Crippen LogP contribution < -0.4 is 0 Å². The normalized spacial score (nSPS) is 10.3. The fraction of sp³-hybridized carbons (Fsp3) is 0.100. The Morgan fingerprint density at radius 3 is 3.00 bits per heavy atom. The lowest BCUT2D eigenvalue weighted by Gasteiger charge is -1.97. The van der Waals surface area contributed by atoms with E-state index in [0.29, 0.717) is 15.6 Å². The first kappa shape index (κ1) is 8.97. The highest BCUT2D eigenvalue weighted by atomic mass is 32.1. The van der Waals surface area contributed by atoms with Crippen LogP contribution in [-0.2, 0) is 6.42 Å². The number of halogens is 1. The summed E-state index contributed by atoms with van der Waals surface area (Å²) >= 11 is 0.990. The Bertz CT molecular complexity index is 527. The van der Waals surface area contributed by atoms with Crippen molar-refractivity contribution in [2.45, 2.75) is 6.42 Å². The molecule has 2 rings (SSSR count). The molecule has 0 aliphatic carbocycles. The molecule has 0 spiro atoms. The molecule has 14 heavy (non-hydrogen) atoms. The number of aromatic hydroxyl groups is 1. The maximum Gasteiger partial charge on any atom is 0.172 e. The molecule has 4 heteroatoms. The molecule has 0 saturated heterocycles. The van der Waals surface area contributed by atoms with Crippen LogP contribution in [0.1, 0.15) is 5.56 Å². The van der Waals surface area contributed by atoms with Crippen LogP contribution in [0, 0.1) is 17.1 Å². The van der Waals surface area contributed by atoms with Gasteiger partial charge in [-0.3, -0.25) is 0 Å². The smallest absolute Gasteiger partial charge is 0.172 e. The second kappa shape index (κ2) is 3.28. The fourth-order valence-corrected chi connectivity index (χ4v) is 2.18. The minimum atomic E-state index is -0.394. The first-order chi connectivity index (χ1) is 6.72. The van der Waals surface area contributed by atoms with Crippen molar-refractivity contribution in [3.8, 4) is 11.1 Å². The van der Waals surface area contributed by atoms with Crippen molar-refractivity contribution in [2.24, 2.45) is 0 Å². The van der Waals surface area contributed by atoms with E-state index in [1.807, 2.05) is 6.07 Å². The van der Waals surface area contributed by atoms with E-state index in [-0.39, 0.29) is 11.5 Å². The van der Waals surface area contributed by atoms with Crippen molar-refractivity contribution in [1.82, 2.24) is 0 Å². The summed E-state index contributed by atoms with van der Waals surface area (Å²) in [5.74, 6) is -0.394. The van der Waals surface area contributed by atoms with Crippen LogP contribution in [0.3, 0.4) is 0 Å². The Kier molecular flexibility index (Phi) is 2.10. The quantitative estimate of drug-likeness (QED) is 0.781. The minimum Gasteiger partial charge on any atom is -0.499 e. The number of hydrogen-bond acceptors (Lipinski definition) is 3. The van der Waals surface area contributed by atoms with E-state index in [0.717, 1.165) is 11.3 Å². The molecule has 0 atom stereocenters. The highest BCUT2D eigenvalue weighted by Gasteiger charge is 2.09. The van der Waals surface area contributed by atoms with Crippen molar-refractivity contribution < 1.29 is 9.50 Å². The molecule has 1 aromatic carbocycles. The average Bonchev–Trinajstić information content (AvgIpc) is 2.52. The first-order valence-corrected chi connectivity index (χ1v) is 4.81. The summed E-state index contributed by atoms with van der Waals surface area (Å²) < 4.78 is 14.0. The van der Waals surface area contributed by atoms with Gasteiger partial charge in [-0.05, 0) is 11.5 Å². The molecule has 0 saturated carbocycles. The molecule has 0 radical (unpaired) electrons. The predicted molar refractivity (Wildman–Crippen MR) is 52.8 cm³/mol. The number of fused-ring (bicyclic) bond motifs is 1. The Morgan fingerprint density at radius 2 is 2.29 bits per heavy atom. The van der Waals surface area contributed by atoms with Crippen molar-refractivity contribution >= 4 is 21.4 Å². The Balaban J connectivity index is 2.69. The molecule has 1 aromatic heterocycles. The Hall–Kier alpha value is -1.60. The molecule has 0 fully saturated rings. The summed E-state index contributed by atoms with van der Waals surface area (Å²) in [6.45, 7) is 0. The lowest BCUT2D eigenvalue weighted by atomic mass is 10.1. The number of nitrogens with zero attached hydrogens (tertiary/aromatic N) is 1. The third-order valence-electron chi connectivity index (χ3n) is 1.96. The van der Waals surface area contributed by atoms with Crippen LogP contribution in [-0.4, -0.2) is 5.11 Å². The van der Waals surface area contributed by atoms with Gasteiger partial charge in [0, 0.05) is 5.56 Å². The van der Waals surface area contributed by atoms with Gasteiger partial charge in [0.25, 0.3) is 0 Å². The van der Waals surface area contributed by atoms with Gasteiger partial charge in [0.2, 0.25) is 0 Å². The molecular formula is C10H6FNOS. The minimum absolute atomic E-state index is 0.0560. The Morgan fingerprint density at radius 1 is 1.50 bits per heavy atom. The lowest BCUT2D eigenvalue weighted by Crippen LogP contribution is -1.87. The SMILES string of the molecule is N#CCc1ccc2cc(O)sc2c1F. The molecule has 0 unspecified atom stereocenters. The van der Waals surface area contributed by atoms with Crippen LogP contribution in [0.4, 0.5) is 4.39 Å². The number of benzene rings is 1. The van der Waals surface area contributed by atoms with E-state index < -0.39 is 5.82 Å². The van der Waals surface area contributed by atoms with Gasteiger partial charge < -0.3 is 5.11 Å². The van der Waals surface area contributed by atoms with Crippen molar-refractivity contribution in [3.05, 3.63) is 29.6 Å². The van der Waals surface area contributed by atoms with E-state index in [1.165, 1.54) is 6.07 Å². The third-order valence-corrected chi connectivity index (χ3v) is 2.91. The maximum absolute atomic E-state index is 13.6. The van der Waals surface area contributed by atoms with Gasteiger partial charge in [-0.2, -0.15) is 5.26 Å². The number of nitriles is 1. The molecule has 0 aliphatic heterocycles. The number of rotatable bonds is 1. The molecule has 0 bridgehead atoms. The van der Waals surface area contributed by atoms with Crippen LogP contribution in [0.2, 0.25) is 0 Å². The molecule has 2 nitrogen and oxygen atoms in total. The summed E-state index contributed by atoms with van der Waals surface area (Å²) in [5.41, 5.74) is 0.377. The lowest BCUT2D eigenvalue weighted by molar-refractivity contribution is 0.491. The van der Waals surface area contributed by atoms with Gasteiger partial charge in [-0.1, -0.05) is 23.5 Å². The van der Waals surface area contributed by atoms with E-state index in [2.05, 4.69) is 0 Å². The first-order valence-electron chi connectivity index (χ1n) is 3.99. The average molecular weight is 207 g/mol. The molecule has 2 aromatic rings. The van der Waals surface area contributed by atoms with E-state index in [9.17, 15) is 9.50 Å². The van der Waals surface area contributed by atoms with Gasteiger partial charge in [-0.15, -0.1) is 0 Å². The van der Waals surface area contributed by atoms with E-state index in [4.69, 9.17) is 5.26 Å². The predicted octanol–water partition coefficient (Wildman–Crippen LogP) is 2.81. The van der Waals surface area contributed by atoms with Gasteiger partial charge in [0.15, 0.2) is 5.06 Å². The van der Waals surface area contributed by atoms with Gasteiger partial charge in [0.1, 0.15) is 5.82 Å². The monoisotopic (exact) mass is 207 g/mol. The number of thiophene rings is 1. The second-order valence-electron chi connectivity index (χ2n) is 2.88. The topological polar surface area (TPSA) is 44.0 Å². The summed E-state index contributed by atoms with van der Waals surface area (Å²) in [6.07, 6.45) is 0.0560. The van der Waals surface area contributed by atoms with Crippen molar-refractivity contribution in [3.63, 3.8) is 0 Å². The number of hydrogen-bond donors (Lipinski definition) is 1. The largest absolute Gasteiger partial charge is 0.499 e. The van der Waals surface area contributed by atoms with Gasteiger partial charge in [-0.25, -0.2) is 4.39 Å². The zero-order valence-electron chi connectivity index (χ0n) is 7.12. The summed E-state index contributed by atoms with van der Waals surface area (Å²) in [5, 5.41) is 18.4. The molecule has 1 heterocycles. The van der Waals surface area contributed by atoms with Crippen LogP contribution >= 0.6 is 11.3 Å². The fourth-order valence-electron chi connectivity index (χ4n) is 1.32. The van der Waals surface area contributed by atoms with Crippen LogP contribution in [0.15, 0.2) is 18.2 Å². The summed E-state index contributed by atoms with van der Waals surface area (Å²) in [6, 6.07) is 6.70. The van der Waals surface area contributed by atoms with Crippen molar-refractivity contribution in [2.75, 3.05) is 0 Å². The molecular weight excluding hydrogens is 201 g/mol. The standard InChI is InChI=1S/C10H6FNOS/c11-9-6(3-4-12)1-2-7-5-8(13)14-10(7)9/h1-2,5,13H,3H2. The highest BCUT2D eigenvalue weighted by molar-refractivity contribution is 7.20. The molecule has 1 N–H and O–H groups in total. The van der Waals surface area contributed by atoms with Gasteiger partial charge >= 0.3 is 0 Å². The molecule has 0 amide bonds. The van der Waals surface area contributed by atoms with Gasteiger partial charge in [0.05, 0.1) is 17.2 Å².